The molecule has 6 nitrogen and oxygen atoms in total. The summed E-state index contributed by atoms with van der Waals surface area (Å²) in [4.78, 5) is 15.7. The second-order valence-corrected chi connectivity index (χ2v) is 5.46. The maximum atomic E-state index is 11.3. The predicted molar refractivity (Wildman–Crippen MR) is 80.4 cm³/mol. The van der Waals surface area contributed by atoms with Gasteiger partial charge in [0.25, 0.3) is 0 Å². The van der Waals surface area contributed by atoms with Crippen LogP contribution in [0.1, 0.15) is 36.1 Å². The second-order valence-electron chi connectivity index (χ2n) is 4.61. The van der Waals surface area contributed by atoms with E-state index in [0.29, 0.717) is 26.0 Å². The van der Waals surface area contributed by atoms with Gasteiger partial charge in [0.15, 0.2) is 5.13 Å². The van der Waals surface area contributed by atoms with Crippen LogP contribution in [0.3, 0.4) is 0 Å². The molecule has 0 saturated carbocycles. The molecule has 0 aliphatic carbocycles. The zero-order valence-electron chi connectivity index (χ0n) is 12.4. The van der Waals surface area contributed by atoms with E-state index in [9.17, 15) is 4.79 Å². The summed E-state index contributed by atoms with van der Waals surface area (Å²) in [6.45, 7) is 6.66. The van der Waals surface area contributed by atoms with Gasteiger partial charge in [0.1, 0.15) is 5.76 Å². The Bertz CT molecular complexity index is 587. The number of hydrogen-bond donors (Lipinski definition) is 1. The Morgan fingerprint density at radius 3 is 2.95 bits per heavy atom. The Balaban J connectivity index is 1.84. The van der Waals surface area contributed by atoms with E-state index in [4.69, 9.17) is 9.26 Å². The van der Waals surface area contributed by atoms with Crippen LogP contribution in [0.2, 0.25) is 0 Å². The zero-order valence-corrected chi connectivity index (χ0v) is 13.2. The molecule has 0 fully saturated rings. The van der Waals surface area contributed by atoms with E-state index < -0.39 is 0 Å². The summed E-state index contributed by atoms with van der Waals surface area (Å²) in [5.74, 6) is 0.634. The van der Waals surface area contributed by atoms with Crippen molar-refractivity contribution in [2.24, 2.45) is 0 Å². The van der Waals surface area contributed by atoms with Crippen molar-refractivity contribution in [3.63, 3.8) is 0 Å². The normalized spacial score (nSPS) is 10.6. The molecule has 0 aliphatic heterocycles. The number of esters is 1. The standard InChI is InChI=1S/C14H19N3O3S/c1-4-19-13(18)6-5-11-8-21-14(16-11)15-7-12-9(2)17-20-10(12)3/h8H,4-7H2,1-3H3,(H,15,16). The lowest BCUT2D eigenvalue weighted by Gasteiger charge is -2.01. The first-order valence-electron chi connectivity index (χ1n) is 6.85. The molecule has 2 aromatic heterocycles. The fourth-order valence-electron chi connectivity index (χ4n) is 1.88. The second kappa shape index (κ2) is 7.21. The number of rotatable bonds is 7. The highest BCUT2D eigenvalue weighted by atomic mass is 32.1. The quantitative estimate of drug-likeness (QED) is 0.792. The maximum Gasteiger partial charge on any atom is 0.306 e. The third-order valence-corrected chi connectivity index (χ3v) is 3.89. The minimum absolute atomic E-state index is 0.185. The van der Waals surface area contributed by atoms with E-state index in [1.807, 2.05) is 19.2 Å². The average Bonchev–Trinajstić information content (AvgIpc) is 3.03. The summed E-state index contributed by atoms with van der Waals surface area (Å²) < 4.78 is 10.0. The molecule has 0 atom stereocenters. The fraction of sp³-hybridized carbons (Fsp3) is 0.500. The number of nitrogens with zero attached hydrogens (tertiary/aromatic N) is 2. The van der Waals surface area contributed by atoms with Crippen LogP contribution in [0.5, 0.6) is 0 Å². The van der Waals surface area contributed by atoms with Gasteiger partial charge in [0, 0.05) is 23.9 Å². The Hall–Kier alpha value is -1.89. The molecule has 2 aromatic rings. The van der Waals surface area contributed by atoms with Crippen molar-refractivity contribution >= 4 is 22.4 Å². The van der Waals surface area contributed by atoms with Crippen LogP contribution in [0.15, 0.2) is 9.90 Å². The van der Waals surface area contributed by atoms with Crippen molar-refractivity contribution in [3.05, 3.63) is 28.1 Å². The molecule has 0 spiro atoms. The summed E-state index contributed by atoms with van der Waals surface area (Å²) in [6, 6.07) is 0. The van der Waals surface area contributed by atoms with Crippen LogP contribution in [0.4, 0.5) is 5.13 Å². The first kappa shape index (κ1) is 15.5. The van der Waals surface area contributed by atoms with Gasteiger partial charge < -0.3 is 14.6 Å². The molecule has 0 bridgehead atoms. The van der Waals surface area contributed by atoms with E-state index in [2.05, 4.69) is 15.5 Å². The molecule has 0 amide bonds. The third kappa shape index (κ3) is 4.29. The SMILES string of the molecule is CCOC(=O)CCc1csc(NCc2c(C)noc2C)n1. The Labute approximate surface area is 127 Å². The monoisotopic (exact) mass is 309 g/mol. The molecule has 7 heteroatoms. The fourth-order valence-corrected chi connectivity index (χ4v) is 2.63. The molecule has 2 heterocycles. The van der Waals surface area contributed by atoms with Crippen LogP contribution in [-0.4, -0.2) is 22.7 Å². The lowest BCUT2D eigenvalue weighted by Crippen LogP contribution is -2.05. The Morgan fingerprint density at radius 2 is 2.29 bits per heavy atom. The van der Waals surface area contributed by atoms with Gasteiger partial charge in [-0.1, -0.05) is 5.16 Å². The Kier molecular flexibility index (Phi) is 5.32. The minimum Gasteiger partial charge on any atom is -0.466 e. The van der Waals surface area contributed by atoms with Gasteiger partial charge in [-0.15, -0.1) is 11.3 Å². The molecular formula is C14H19N3O3S. The third-order valence-electron chi connectivity index (χ3n) is 3.04. The number of hydrogen-bond acceptors (Lipinski definition) is 7. The predicted octanol–water partition coefficient (Wildman–Crippen LogP) is 2.86. The van der Waals surface area contributed by atoms with Gasteiger partial charge in [-0.05, 0) is 20.8 Å². The highest BCUT2D eigenvalue weighted by Gasteiger charge is 2.10. The van der Waals surface area contributed by atoms with Crippen molar-refractivity contribution in [1.29, 1.82) is 0 Å². The van der Waals surface area contributed by atoms with Crippen molar-refractivity contribution in [2.75, 3.05) is 11.9 Å². The van der Waals surface area contributed by atoms with E-state index >= 15 is 0 Å². The number of ether oxygens (including phenoxy) is 1. The molecule has 1 N–H and O–H groups in total. The number of aryl methyl sites for hydroxylation is 3. The number of nitrogens with one attached hydrogen (secondary N) is 1. The number of aromatic nitrogens is 2. The van der Waals surface area contributed by atoms with Crippen molar-refractivity contribution in [1.82, 2.24) is 10.1 Å². The molecular weight excluding hydrogens is 290 g/mol. The van der Waals surface area contributed by atoms with E-state index in [1.54, 1.807) is 6.92 Å². The van der Waals surface area contributed by atoms with Crippen LogP contribution < -0.4 is 5.32 Å². The van der Waals surface area contributed by atoms with Crippen LogP contribution in [0.25, 0.3) is 0 Å². The van der Waals surface area contributed by atoms with Gasteiger partial charge in [-0.2, -0.15) is 0 Å². The number of carbonyl (C=O) groups excluding carboxylic acids is 1. The van der Waals surface area contributed by atoms with Crippen molar-refractivity contribution in [2.45, 2.75) is 40.2 Å². The smallest absolute Gasteiger partial charge is 0.306 e. The van der Waals surface area contributed by atoms with Gasteiger partial charge in [-0.3, -0.25) is 4.79 Å². The van der Waals surface area contributed by atoms with Gasteiger partial charge in [-0.25, -0.2) is 4.98 Å². The summed E-state index contributed by atoms with van der Waals surface area (Å²) in [5, 5.41) is 9.95. The van der Waals surface area contributed by atoms with Crippen LogP contribution in [0, 0.1) is 13.8 Å². The molecule has 0 aliphatic rings. The maximum absolute atomic E-state index is 11.3. The van der Waals surface area contributed by atoms with Crippen molar-refractivity contribution < 1.29 is 14.1 Å². The molecule has 114 valence electrons. The van der Waals surface area contributed by atoms with Gasteiger partial charge in [0.2, 0.25) is 0 Å². The number of carbonyl (C=O) groups is 1. The molecule has 0 aromatic carbocycles. The summed E-state index contributed by atoms with van der Waals surface area (Å²) in [7, 11) is 0. The molecule has 2 rings (SSSR count). The summed E-state index contributed by atoms with van der Waals surface area (Å²) in [6.07, 6.45) is 0.962. The van der Waals surface area contributed by atoms with Crippen LogP contribution >= 0.6 is 11.3 Å². The van der Waals surface area contributed by atoms with E-state index in [-0.39, 0.29) is 5.97 Å². The van der Waals surface area contributed by atoms with Gasteiger partial charge >= 0.3 is 5.97 Å². The van der Waals surface area contributed by atoms with E-state index in [0.717, 1.165) is 27.8 Å². The first-order valence-corrected chi connectivity index (χ1v) is 7.73. The number of anilines is 1. The highest BCUT2D eigenvalue weighted by molar-refractivity contribution is 7.13. The molecule has 0 unspecified atom stereocenters. The first-order chi connectivity index (χ1) is 10.1. The Morgan fingerprint density at radius 1 is 1.48 bits per heavy atom. The molecule has 0 radical (unpaired) electrons. The zero-order chi connectivity index (χ0) is 15.2. The van der Waals surface area contributed by atoms with Crippen molar-refractivity contribution in [3.8, 4) is 0 Å². The van der Waals surface area contributed by atoms with Gasteiger partial charge in [0.05, 0.1) is 24.4 Å². The average molecular weight is 309 g/mol. The highest BCUT2D eigenvalue weighted by Crippen LogP contribution is 2.19. The minimum atomic E-state index is -0.185. The summed E-state index contributed by atoms with van der Waals surface area (Å²) >= 11 is 1.52. The molecule has 21 heavy (non-hydrogen) atoms. The lowest BCUT2D eigenvalue weighted by molar-refractivity contribution is -0.143. The lowest BCUT2D eigenvalue weighted by atomic mass is 10.2. The molecule has 0 saturated heterocycles. The number of thiazole rings is 1. The van der Waals surface area contributed by atoms with Crippen LogP contribution in [-0.2, 0) is 22.5 Å². The largest absolute Gasteiger partial charge is 0.466 e. The van der Waals surface area contributed by atoms with E-state index in [1.165, 1.54) is 11.3 Å². The summed E-state index contributed by atoms with van der Waals surface area (Å²) in [5.41, 5.74) is 2.84. The topological polar surface area (TPSA) is 77.2 Å².